The van der Waals surface area contributed by atoms with E-state index in [0.29, 0.717) is 0 Å². The number of rotatable bonds is 5. The molecule has 3 atom stereocenters. The lowest BCUT2D eigenvalue weighted by molar-refractivity contribution is -0.121. The molecular formula is C28H27N3O2. The molecule has 0 aliphatic heterocycles. The van der Waals surface area contributed by atoms with Crippen molar-refractivity contribution >= 4 is 5.78 Å². The highest BCUT2D eigenvalue weighted by atomic mass is 16.2. The van der Waals surface area contributed by atoms with Gasteiger partial charge in [0.2, 0.25) is 0 Å². The summed E-state index contributed by atoms with van der Waals surface area (Å²) in [7, 11) is 0. The summed E-state index contributed by atoms with van der Waals surface area (Å²) in [5.74, 6) is -0.270. The van der Waals surface area contributed by atoms with Crippen LogP contribution in [0.25, 0.3) is 11.3 Å². The summed E-state index contributed by atoms with van der Waals surface area (Å²) in [6, 6.07) is 20.7. The molecule has 0 saturated carbocycles. The van der Waals surface area contributed by atoms with Crippen LogP contribution < -0.4 is 0 Å². The molecule has 5 heteroatoms. The Kier molecular flexibility index (Phi) is 5.47. The number of aliphatic hydroxyl groups is 1. The van der Waals surface area contributed by atoms with Crippen LogP contribution in [0.5, 0.6) is 0 Å². The number of hydrogen-bond acceptors (Lipinski definition) is 4. The number of H-pyrrole nitrogens is 1. The molecule has 33 heavy (non-hydrogen) atoms. The maximum absolute atomic E-state index is 12.9. The number of aliphatic hydroxyl groups excluding tert-OH is 1. The summed E-state index contributed by atoms with van der Waals surface area (Å²) < 4.78 is 0. The monoisotopic (exact) mass is 437 g/mol. The lowest BCUT2D eigenvalue weighted by atomic mass is 9.54. The minimum atomic E-state index is -0.615. The SMILES string of the molecule is C[C@@H]1C(=O)C(C#N)=C[C@]2(c3ccccc3)c3n[nH]c(-c4cccc(CCCO)c4)c3CC[C@@H]12. The molecule has 0 amide bonds. The summed E-state index contributed by atoms with van der Waals surface area (Å²) in [6.45, 7) is 2.13. The Morgan fingerprint density at radius 3 is 2.79 bits per heavy atom. The summed E-state index contributed by atoms with van der Waals surface area (Å²) in [5.41, 5.74) is 6.02. The second kappa shape index (κ2) is 8.46. The molecule has 0 fully saturated rings. The number of benzene rings is 2. The number of carbonyl (C=O) groups excluding carboxylic acids is 1. The van der Waals surface area contributed by atoms with Crippen LogP contribution >= 0.6 is 0 Å². The zero-order chi connectivity index (χ0) is 23.0. The van der Waals surface area contributed by atoms with Gasteiger partial charge in [0.15, 0.2) is 5.78 Å². The first-order valence-electron chi connectivity index (χ1n) is 11.6. The first-order valence-corrected chi connectivity index (χ1v) is 11.6. The zero-order valence-electron chi connectivity index (χ0n) is 18.7. The van der Waals surface area contributed by atoms with Gasteiger partial charge in [-0.15, -0.1) is 0 Å². The van der Waals surface area contributed by atoms with Crippen LogP contribution in [0.3, 0.4) is 0 Å². The Balaban J connectivity index is 1.71. The van der Waals surface area contributed by atoms with Crippen LogP contribution in [0, 0.1) is 23.2 Å². The van der Waals surface area contributed by atoms with Crippen LogP contribution in [-0.4, -0.2) is 27.7 Å². The van der Waals surface area contributed by atoms with E-state index in [4.69, 9.17) is 5.10 Å². The number of aromatic nitrogens is 2. The molecule has 3 aromatic rings. The molecule has 0 radical (unpaired) electrons. The van der Waals surface area contributed by atoms with Crippen molar-refractivity contribution in [3.63, 3.8) is 0 Å². The number of Topliss-reactive ketones (excluding diaryl/α,β-unsaturated/α-hetero) is 1. The average Bonchev–Trinajstić information content (AvgIpc) is 3.30. The Labute approximate surface area is 193 Å². The Morgan fingerprint density at radius 2 is 2.03 bits per heavy atom. The highest BCUT2D eigenvalue weighted by molar-refractivity contribution is 6.02. The van der Waals surface area contributed by atoms with Gasteiger partial charge in [-0.05, 0) is 54.9 Å². The van der Waals surface area contributed by atoms with Crippen molar-refractivity contribution in [2.75, 3.05) is 6.61 Å². The van der Waals surface area contributed by atoms with Crippen LogP contribution in [0.2, 0.25) is 0 Å². The maximum atomic E-state index is 12.9. The summed E-state index contributed by atoms with van der Waals surface area (Å²) >= 11 is 0. The van der Waals surface area contributed by atoms with Gasteiger partial charge in [-0.25, -0.2) is 0 Å². The number of nitrogens with zero attached hydrogens (tertiary/aromatic N) is 2. The third-order valence-corrected chi connectivity index (χ3v) is 7.41. The highest BCUT2D eigenvalue weighted by Gasteiger charge is 2.53. The van der Waals surface area contributed by atoms with Crippen molar-refractivity contribution in [1.82, 2.24) is 10.2 Å². The van der Waals surface area contributed by atoms with E-state index >= 15 is 0 Å². The van der Waals surface area contributed by atoms with E-state index in [9.17, 15) is 15.2 Å². The average molecular weight is 438 g/mol. The molecule has 1 aromatic heterocycles. The fourth-order valence-electron chi connectivity index (χ4n) is 5.84. The largest absolute Gasteiger partial charge is 0.396 e. The predicted molar refractivity (Wildman–Crippen MR) is 126 cm³/mol. The van der Waals surface area contributed by atoms with Gasteiger partial charge in [0.25, 0.3) is 0 Å². The number of aryl methyl sites for hydroxylation is 1. The van der Waals surface area contributed by atoms with Crippen LogP contribution in [0.15, 0.2) is 66.2 Å². The van der Waals surface area contributed by atoms with Gasteiger partial charge >= 0.3 is 0 Å². The van der Waals surface area contributed by atoms with Crippen LogP contribution in [0.4, 0.5) is 0 Å². The Morgan fingerprint density at radius 1 is 1.21 bits per heavy atom. The van der Waals surface area contributed by atoms with Gasteiger partial charge in [0, 0.05) is 23.7 Å². The first kappa shape index (κ1) is 21.4. The molecule has 2 N–H and O–H groups in total. The van der Waals surface area contributed by atoms with Crippen molar-refractivity contribution in [2.45, 2.75) is 38.0 Å². The standard InChI is InChI=1S/C28H27N3O2/c1-18-24-13-12-23-25(20-9-5-7-19(15-20)8-6-14-32)30-31-27(23)28(24,16-21(17-29)26(18)33)22-10-3-2-4-11-22/h2-5,7,9-11,15-16,18,24,32H,6,8,12-14H2,1H3,(H,30,31)/t18-,24-,28+/m0/s1. The first-order chi connectivity index (χ1) is 16.1. The third-order valence-electron chi connectivity index (χ3n) is 7.41. The number of carbonyl (C=O) groups is 1. The van der Waals surface area contributed by atoms with Crippen LogP contribution in [-0.2, 0) is 23.1 Å². The normalized spacial score (nSPS) is 23.9. The summed E-state index contributed by atoms with van der Waals surface area (Å²) in [5, 5.41) is 27.1. The summed E-state index contributed by atoms with van der Waals surface area (Å²) in [6.07, 6.45) is 5.12. The molecule has 166 valence electrons. The predicted octanol–water partition coefficient (Wildman–Crippen LogP) is 4.52. The van der Waals surface area contributed by atoms with Crippen molar-refractivity contribution < 1.29 is 9.90 Å². The quantitative estimate of drug-likeness (QED) is 0.614. The number of fused-ring (bicyclic) bond motifs is 3. The smallest absolute Gasteiger partial charge is 0.176 e. The van der Waals surface area contributed by atoms with E-state index in [-0.39, 0.29) is 29.8 Å². The molecule has 2 aliphatic rings. The van der Waals surface area contributed by atoms with Crippen molar-refractivity contribution in [3.05, 3.63) is 88.6 Å². The topological polar surface area (TPSA) is 89.8 Å². The number of hydrogen-bond donors (Lipinski definition) is 2. The van der Waals surface area contributed by atoms with E-state index in [1.807, 2.05) is 37.3 Å². The minimum Gasteiger partial charge on any atom is -0.396 e. The van der Waals surface area contributed by atoms with E-state index in [2.05, 4.69) is 41.5 Å². The number of ketones is 1. The second-order valence-electron chi connectivity index (χ2n) is 9.16. The lowest BCUT2D eigenvalue weighted by Crippen LogP contribution is -2.48. The lowest BCUT2D eigenvalue weighted by Gasteiger charge is -2.47. The zero-order valence-corrected chi connectivity index (χ0v) is 18.7. The van der Waals surface area contributed by atoms with E-state index in [1.165, 1.54) is 5.56 Å². The number of nitrogens with one attached hydrogen (secondary N) is 1. The molecule has 5 rings (SSSR count). The van der Waals surface area contributed by atoms with Crippen molar-refractivity contribution in [3.8, 4) is 17.3 Å². The second-order valence-corrected chi connectivity index (χ2v) is 9.16. The highest BCUT2D eigenvalue weighted by Crippen LogP contribution is 2.54. The maximum Gasteiger partial charge on any atom is 0.176 e. The van der Waals surface area contributed by atoms with Gasteiger partial charge in [-0.2, -0.15) is 10.4 Å². The number of allylic oxidation sites excluding steroid dienone is 2. The number of nitriles is 1. The fourth-order valence-corrected chi connectivity index (χ4v) is 5.84. The fraction of sp³-hybridized carbons (Fsp3) is 0.321. The molecule has 2 aromatic carbocycles. The van der Waals surface area contributed by atoms with E-state index in [0.717, 1.165) is 53.8 Å². The number of aromatic amines is 1. The van der Waals surface area contributed by atoms with E-state index < -0.39 is 5.41 Å². The van der Waals surface area contributed by atoms with Gasteiger partial charge in [0.1, 0.15) is 6.07 Å². The van der Waals surface area contributed by atoms with E-state index in [1.54, 1.807) is 0 Å². The third kappa shape index (κ3) is 3.34. The van der Waals surface area contributed by atoms with Gasteiger partial charge in [-0.1, -0.05) is 55.5 Å². The van der Waals surface area contributed by atoms with Gasteiger partial charge < -0.3 is 5.11 Å². The molecule has 2 aliphatic carbocycles. The van der Waals surface area contributed by atoms with Crippen molar-refractivity contribution in [2.24, 2.45) is 11.8 Å². The van der Waals surface area contributed by atoms with Crippen LogP contribution in [0.1, 0.15) is 42.1 Å². The molecule has 0 bridgehead atoms. The molecular weight excluding hydrogens is 410 g/mol. The van der Waals surface area contributed by atoms with Gasteiger partial charge in [0.05, 0.1) is 22.4 Å². The molecule has 1 heterocycles. The van der Waals surface area contributed by atoms with Crippen molar-refractivity contribution in [1.29, 1.82) is 5.26 Å². The Hall–Kier alpha value is -3.49. The molecule has 0 saturated heterocycles. The van der Waals surface area contributed by atoms with Gasteiger partial charge in [-0.3, -0.25) is 9.89 Å². The Bertz CT molecular complexity index is 1270. The minimum absolute atomic E-state index is 0.0454. The molecule has 0 spiro atoms. The summed E-state index contributed by atoms with van der Waals surface area (Å²) in [4.78, 5) is 12.9. The molecule has 5 nitrogen and oxygen atoms in total. The molecule has 0 unspecified atom stereocenters.